The summed E-state index contributed by atoms with van der Waals surface area (Å²) in [6, 6.07) is 4.34. The van der Waals surface area contributed by atoms with Crippen LogP contribution in [-0.2, 0) is 0 Å². The van der Waals surface area contributed by atoms with Gasteiger partial charge in [-0.1, -0.05) is 13.3 Å². The molecule has 0 bridgehead atoms. The van der Waals surface area contributed by atoms with E-state index in [2.05, 4.69) is 11.8 Å². The minimum Gasteiger partial charge on any atom is -0.465 e. The Morgan fingerprint density at radius 3 is 2.84 bits per heavy atom. The summed E-state index contributed by atoms with van der Waals surface area (Å²) in [6.45, 7) is 5.25. The van der Waals surface area contributed by atoms with Crippen LogP contribution >= 0.6 is 0 Å². The molecule has 3 N–H and O–H groups in total. The van der Waals surface area contributed by atoms with Gasteiger partial charge in [-0.2, -0.15) is 0 Å². The van der Waals surface area contributed by atoms with Crippen molar-refractivity contribution in [2.45, 2.75) is 57.7 Å². The molecule has 0 spiro atoms. The number of furan rings is 1. The average molecular weight is 266 g/mol. The molecule has 1 fully saturated rings. The van der Waals surface area contributed by atoms with Crippen molar-refractivity contribution in [3.05, 3.63) is 23.7 Å². The smallest absolute Gasteiger partial charge is 0.122 e. The molecule has 4 nitrogen and oxygen atoms in total. The zero-order valence-electron chi connectivity index (χ0n) is 12.0. The lowest BCUT2D eigenvalue weighted by Gasteiger charge is -2.41. The minimum atomic E-state index is 0.0395. The predicted molar refractivity (Wildman–Crippen MR) is 75.9 cm³/mol. The average Bonchev–Trinajstić information content (AvgIpc) is 2.85. The van der Waals surface area contributed by atoms with Crippen LogP contribution in [0.25, 0.3) is 0 Å². The van der Waals surface area contributed by atoms with Crippen LogP contribution in [-0.4, -0.2) is 35.2 Å². The Balaban J connectivity index is 2.26. The monoisotopic (exact) mass is 266 g/mol. The van der Waals surface area contributed by atoms with Gasteiger partial charge < -0.3 is 15.3 Å². The Morgan fingerprint density at radius 1 is 1.47 bits per heavy atom. The van der Waals surface area contributed by atoms with Crippen LogP contribution in [0.5, 0.6) is 0 Å². The van der Waals surface area contributed by atoms with Gasteiger partial charge in [0, 0.05) is 12.1 Å². The summed E-state index contributed by atoms with van der Waals surface area (Å²) in [6.07, 6.45) is 4.30. The first-order valence-corrected chi connectivity index (χ1v) is 7.35. The lowest BCUT2D eigenvalue weighted by molar-refractivity contribution is 0.0328. The molecular weight excluding hydrogens is 240 g/mol. The molecule has 0 aliphatic carbocycles. The Bertz CT molecular complexity index is 391. The topological polar surface area (TPSA) is 62.6 Å². The lowest BCUT2D eigenvalue weighted by Crippen LogP contribution is -2.49. The number of nitrogens with two attached hydrogens (primary N) is 1. The fraction of sp³-hybridized carbons (Fsp3) is 0.733. The normalized spacial score (nSPS) is 24.3. The van der Waals surface area contributed by atoms with E-state index in [9.17, 15) is 5.11 Å². The number of hydrogen-bond acceptors (Lipinski definition) is 4. The Hall–Kier alpha value is -0.840. The number of rotatable bonds is 5. The SMILES string of the molecule is CCC(N)C(c1ccc(C)o1)N1CCCCC1CO. The quantitative estimate of drug-likeness (QED) is 0.857. The third-order valence-corrected chi connectivity index (χ3v) is 4.17. The third-order valence-electron chi connectivity index (χ3n) is 4.17. The summed E-state index contributed by atoms with van der Waals surface area (Å²) in [4.78, 5) is 2.34. The zero-order valence-corrected chi connectivity index (χ0v) is 12.0. The van der Waals surface area contributed by atoms with Gasteiger partial charge in [0.15, 0.2) is 0 Å². The fourth-order valence-electron chi connectivity index (χ4n) is 3.04. The molecule has 3 atom stereocenters. The standard InChI is InChI=1S/C15H26N2O2/c1-3-13(16)15(14-8-7-11(2)19-14)17-9-5-4-6-12(17)10-18/h7-8,12-13,15,18H,3-6,9-10,16H2,1-2H3. The van der Waals surface area contributed by atoms with E-state index in [-0.39, 0.29) is 24.7 Å². The van der Waals surface area contributed by atoms with Crippen molar-refractivity contribution < 1.29 is 9.52 Å². The van der Waals surface area contributed by atoms with E-state index in [0.29, 0.717) is 0 Å². The van der Waals surface area contributed by atoms with E-state index < -0.39 is 0 Å². The van der Waals surface area contributed by atoms with Crippen LogP contribution in [0.2, 0.25) is 0 Å². The van der Waals surface area contributed by atoms with Crippen LogP contribution in [0.3, 0.4) is 0 Å². The lowest BCUT2D eigenvalue weighted by atomic mass is 9.94. The van der Waals surface area contributed by atoms with E-state index in [0.717, 1.165) is 30.9 Å². The molecule has 3 unspecified atom stereocenters. The fourth-order valence-corrected chi connectivity index (χ4v) is 3.04. The number of likely N-dealkylation sites (tertiary alicyclic amines) is 1. The second-order valence-electron chi connectivity index (χ2n) is 5.54. The zero-order chi connectivity index (χ0) is 13.8. The largest absolute Gasteiger partial charge is 0.465 e. The highest BCUT2D eigenvalue weighted by Gasteiger charge is 2.34. The summed E-state index contributed by atoms with van der Waals surface area (Å²) < 4.78 is 5.81. The van der Waals surface area contributed by atoms with E-state index in [1.54, 1.807) is 0 Å². The molecule has 1 aromatic rings. The molecule has 2 rings (SSSR count). The van der Waals surface area contributed by atoms with Gasteiger partial charge in [-0.15, -0.1) is 0 Å². The summed E-state index contributed by atoms with van der Waals surface area (Å²) in [5.41, 5.74) is 6.32. The summed E-state index contributed by atoms with van der Waals surface area (Å²) in [5.74, 6) is 1.85. The van der Waals surface area contributed by atoms with Crippen molar-refractivity contribution in [1.29, 1.82) is 0 Å². The second-order valence-corrected chi connectivity index (χ2v) is 5.54. The van der Waals surface area contributed by atoms with Gasteiger partial charge in [0.05, 0.1) is 12.6 Å². The number of aliphatic hydroxyl groups is 1. The van der Waals surface area contributed by atoms with Crippen molar-refractivity contribution in [1.82, 2.24) is 4.90 Å². The highest BCUT2D eigenvalue weighted by Crippen LogP contribution is 2.32. The minimum absolute atomic E-state index is 0.0395. The van der Waals surface area contributed by atoms with Crippen LogP contribution in [0, 0.1) is 6.92 Å². The number of aryl methyl sites for hydroxylation is 1. The predicted octanol–water partition coefficient (Wildman–Crippen LogP) is 2.21. The highest BCUT2D eigenvalue weighted by atomic mass is 16.3. The summed E-state index contributed by atoms with van der Waals surface area (Å²) in [7, 11) is 0. The highest BCUT2D eigenvalue weighted by molar-refractivity contribution is 5.13. The first-order valence-electron chi connectivity index (χ1n) is 7.35. The van der Waals surface area contributed by atoms with Crippen molar-refractivity contribution in [3.8, 4) is 0 Å². The maximum absolute atomic E-state index is 9.60. The van der Waals surface area contributed by atoms with Gasteiger partial charge in [0.25, 0.3) is 0 Å². The van der Waals surface area contributed by atoms with Crippen molar-refractivity contribution in [2.75, 3.05) is 13.2 Å². The third kappa shape index (κ3) is 3.19. The van der Waals surface area contributed by atoms with Gasteiger partial charge in [0.2, 0.25) is 0 Å². The van der Waals surface area contributed by atoms with Crippen LogP contribution in [0.4, 0.5) is 0 Å². The molecule has 0 aromatic carbocycles. The summed E-state index contributed by atoms with van der Waals surface area (Å²) >= 11 is 0. The molecule has 108 valence electrons. The van der Waals surface area contributed by atoms with Gasteiger partial charge in [-0.25, -0.2) is 0 Å². The number of piperidine rings is 1. The Morgan fingerprint density at radius 2 is 2.26 bits per heavy atom. The Labute approximate surface area is 115 Å². The van der Waals surface area contributed by atoms with Crippen LogP contribution in [0.15, 0.2) is 16.5 Å². The van der Waals surface area contributed by atoms with Crippen molar-refractivity contribution in [3.63, 3.8) is 0 Å². The van der Waals surface area contributed by atoms with Gasteiger partial charge in [0.1, 0.15) is 11.5 Å². The van der Waals surface area contributed by atoms with Gasteiger partial charge in [-0.3, -0.25) is 4.90 Å². The maximum atomic E-state index is 9.60. The molecule has 1 saturated heterocycles. The molecular formula is C15H26N2O2. The van der Waals surface area contributed by atoms with E-state index in [1.807, 2.05) is 19.1 Å². The molecule has 1 aliphatic rings. The molecule has 0 radical (unpaired) electrons. The second kappa shape index (κ2) is 6.55. The first kappa shape index (κ1) is 14.6. The molecule has 4 heteroatoms. The number of hydrogen-bond donors (Lipinski definition) is 2. The van der Waals surface area contributed by atoms with Crippen molar-refractivity contribution >= 4 is 0 Å². The molecule has 1 aromatic heterocycles. The molecule has 0 amide bonds. The molecule has 0 saturated carbocycles. The maximum Gasteiger partial charge on any atom is 0.122 e. The van der Waals surface area contributed by atoms with Crippen LogP contribution in [0.1, 0.15) is 50.2 Å². The molecule has 1 aliphatic heterocycles. The van der Waals surface area contributed by atoms with Crippen molar-refractivity contribution in [2.24, 2.45) is 5.73 Å². The van der Waals surface area contributed by atoms with Gasteiger partial charge >= 0.3 is 0 Å². The molecule has 2 heterocycles. The van der Waals surface area contributed by atoms with E-state index in [4.69, 9.17) is 10.2 Å². The van der Waals surface area contributed by atoms with Gasteiger partial charge in [-0.05, 0) is 44.9 Å². The van der Waals surface area contributed by atoms with E-state index in [1.165, 1.54) is 12.8 Å². The number of aliphatic hydroxyl groups excluding tert-OH is 1. The Kier molecular flexibility index (Phi) is 5.02. The van der Waals surface area contributed by atoms with E-state index >= 15 is 0 Å². The number of nitrogens with zero attached hydrogens (tertiary/aromatic N) is 1. The molecule has 19 heavy (non-hydrogen) atoms. The summed E-state index contributed by atoms with van der Waals surface area (Å²) in [5, 5.41) is 9.60. The van der Waals surface area contributed by atoms with Crippen LogP contribution < -0.4 is 5.73 Å². The first-order chi connectivity index (χ1) is 9.17.